The normalized spacial score (nSPS) is 28.5. The summed E-state index contributed by atoms with van der Waals surface area (Å²) in [6.45, 7) is 7.60. The molecule has 0 aromatic rings. The molecule has 0 radical (unpaired) electrons. The van der Waals surface area contributed by atoms with Crippen molar-refractivity contribution in [2.24, 2.45) is 17.8 Å². The molecule has 0 unspecified atom stereocenters. The molecule has 0 spiro atoms. The van der Waals surface area contributed by atoms with Crippen LogP contribution in [0.25, 0.3) is 0 Å². The molecular weight excluding hydrogens is 212 g/mol. The summed E-state index contributed by atoms with van der Waals surface area (Å²) < 4.78 is 0. The van der Waals surface area contributed by atoms with Crippen molar-refractivity contribution in [1.82, 2.24) is 4.90 Å². The molecule has 1 amide bonds. The molecule has 0 aromatic carbocycles. The molecule has 1 saturated heterocycles. The van der Waals surface area contributed by atoms with Crippen LogP contribution in [0, 0.1) is 29.1 Å². The standard InChI is InChI=1S/C12H18N2O.C2H6/c1-9-2-4-11(5-3-9)12(15)14-7-10(6-13)8-14;1-2/h9-11H,2-5,7-8H2,1H3;1-2H3. The van der Waals surface area contributed by atoms with Crippen LogP contribution in [0.2, 0.25) is 0 Å². The maximum absolute atomic E-state index is 12.0. The van der Waals surface area contributed by atoms with Crippen LogP contribution in [-0.4, -0.2) is 23.9 Å². The first-order valence-electron chi connectivity index (χ1n) is 6.89. The van der Waals surface area contributed by atoms with Gasteiger partial charge in [-0.3, -0.25) is 4.79 Å². The average molecular weight is 236 g/mol. The monoisotopic (exact) mass is 236 g/mol. The number of nitrogens with zero attached hydrogens (tertiary/aromatic N) is 2. The lowest BCUT2D eigenvalue weighted by Crippen LogP contribution is -2.51. The average Bonchev–Trinajstić information content (AvgIpc) is 2.31. The van der Waals surface area contributed by atoms with E-state index >= 15 is 0 Å². The van der Waals surface area contributed by atoms with Crippen LogP contribution in [0.15, 0.2) is 0 Å². The third-order valence-electron chi connectivity index (χ3n) is 3.74. The van der Waals surface area contributed by atoms with Gasteiger partial charge in [0, 0.05) is 19.0 Å². The van der Waals surface area contributed by atoms with Gasteiger partial charge in [-0.1, -0.05) is 20.8 Å². The topological polar surface area (TPSA) is 44.1 Å². The minimum atomic E-state index is 0.0939. The number of hydrogen-bond acceptors (Lipinski definition) is 2. The van der Waals surface area contributed by atoms with Gasteiger partial charge in [0.25, 0.3) is 0 Å². The molecule has 17 heavy (non-hydrogen) atoms. The molecule has 1 aliphatic heterocycles. The Balaban J connectivity index is 0.000000686. The predicted molar refractivity (Wildman–Crippen MR) is 68.2 cm³/mol. The van der Waals surface area contributed by atoms with Crippen LogP contribution in [0.1, 0.15) is 46.5 Å². The summed E-state index contributed by atoms with van der Waals surface area (Å²) in [4.78, 5) is 13.8. The van der Waals surface area contributed by atoms with Crippen LogP contribution in [0.5, 0.6) is 0 Å². The van der Waals surface area contributed by atoms with Crippen LogP contribution >= 0.6 is 0 Å². The van der Waals surface area contributed by atoms with Crippen molar-refractivity contribution in [1.29, 1.82) is 5.26 Å². The first-order valence-corrected chi connectivity index (χ1v) is 6.89. The molecule has 2 aliphatic rings. The van der Waals surface area contributed by atoms with E-state index in [0.717, 1.165) is 18.8 Å². The molecule has 2 fully saturated rings. The van der Waals surface area contributed by atoms with Gasteiger partial charge >= 0.3 is 0 Å². The minimum absolute atomic E-state index is 0.0939. The summed E-state index contributed by atoms with van der Waals surface area (Å²) >= 11 is 0. The molecule has 0 N–H and O–H groups in total. The lowest BCUT2D eigenvalue weighted by Gasteiger charge is -2.39. The highest BCUT2D eigenvalue weighted by Crippen LogP contribution is 2.31. The molecule has 3 heteroatoms. The van der Waals surface area contributed by atoms with Crippen LogP contribution in [0.3, 0.4) is 0 Å². The highest BCUT2D eigenvalue weighted by atomic mass is 16.2. The van der Waals surface area contributed by atoms with Crippen molar-refractivity contribution in [3.05, 3.63) is 0 Å². The molecule has 2 rings (SSSR count). The maximum atomic E-state index is 12.0. The van der Waals surface area contributed by atoms with Crippen molar-refractivity contribution in [3.8, 4) is 6.07 Å². The Kier molecular flexibility index (Phi) is 5.47. The number of nitriles is 1. The first kappa shape index (κ1) is 14.0. The maximum Gasteiger partial charge on any atom is 0.225 e. The van der Waals surface area contributed by atoms with Gasteiger partial charge in [-0.2, -0.15) is 5.26 Å². The molecule has 96 valence electrons. The Morgan fingerprint density at radius 2 is 1.71 bits per heavy atom. The Morgan fingerprint density at radius 1 is 1.18 bits per heavy atom. The summed E-state index contributed by atoms with van der Waals surface area (Å²) in [6, 6.07) is 2.20. The highest BCUT2D eigenvalue weighted by molar-refractivity contribution is 5.79. The van der Waals surface area contributed by atoms with E-state index in [1.165, 1.54) is 12.8 Å². The van der Waals surface area contributed by atoms with Gasteiger partial charge in [-0.15, -0.1) is 0 Å². The van der Waals surface area contributed by atoms with Crippen LogP contribution in [-0.2, 0) is 4.79 Å². The van der Waals surface area contributed by atoms with E-state index < -0.39 is 0 Å². The van der Waals surface area contributed by atoms with Crippen molar-refractivity contribution in [3.63, 3.8) is 0 Å². The first-order chi connectivity index (χ1) is 8.20. The second-order valence-electron chi connectivity index (χ2n) is 5.03. The summed E-state index contributed by atoms with van der Waals surface area (Å²) in [6.07, 6.45) is 4.47. The van der Waals surface area contributed by atoms with Crippen LogP contribution < -0.4 is 0 Å². The zero-order chi connectivity index (χ0) is 12.8. The van der Waals surface area contributed by atoms with E-state index in [4.69, 9.17) is 5.26 Å². The molecule has 1 aliphatic carbocycles. The molecule has 3 nitrogen and oxygen atoms in total. The third kappa shape index (κ3) is 3.46. The van der Waals surface area contributed by atoms with Crippen molar-refractivity contribution in [2.45, 2.75) is 46.5 Å². The van der Waals surface area contributed by atoms with Gasteiger partial charge in [-0.25, -0.2) is 0 Å². The summed E-state index contributed by atoms with van der Waals surface area (Å²) in [5.41, 5.74) is 0. The second-order valence-corrected chi connectivity index (χ2v) is 5.03. The smallest absolute Gasteiger partial charge is 0.225 e. The summed E-state index contributed by atoms with van der Waals surface area (Å²) in [5, 5.41) is 8.64. The lowest BCUT2D eigenvalue weighted by molar-refractivity contribution is -0.142. The van der Waals surface area contributed by atoms with Gasteiger partial charge in [0.05, 0.1) is 12.0 Å². The predicted octanol–water partition coefficient (Wildman–Crippen LogP) is 2.82. The second kappa shape index (κ2) is 6.64. The van der Waals surface area contributed by atoms with E-state index in [0.29, 0.717) is 19.0 Å². The van der Waals surface area contributed by atoms with Gasteiger partial charge in [0.2, 0.25) is 5.91 Å². The number of hydrogen-bond donors (Lipinski definition) is 0. The number of amides is 1. The zero-order valence-electron chi connectivity index (χ0n) is 11.3. The van der Waals surface area contributed by atoms with E-state index in [-0.39, 0.29) is 11.8 Å². The van der Waals surface area contributed by atoms with E-state index in [9.17, 15) is 4.79 Å². The number of carbonyl (C=O) groups is 1. The number of rotatable bonds is 1. The fraction of sp³-hybridized carbons (Fsp3) is 0.857. The molecule has 1 saturated carbocycles. The van der Waals surface area contributed by atoms with E-state index in [2.05, 4.69) is 13.0 Å². The quantitative estimate of drug-likeness (QED) is 0.702. The molecular formula is C14H24N2O. The van der Waals surface area contributed by atoms with Crippen molar-refractivity contribution < 1.29 is 4.79 Å². The number of likely N-dealkylation sites (tertiary alicyclic amines) is 1. The SMILES string of the molecule is CC.CC1CCC(C(=O)N2CC(C#N)C2)CC1. The minimum Gasteiger partial charge on any atom is -0.340 e. The van der Waals surface area contributed by atoms with Crippen molar-refractivity contribution in [2.75, 3.05) is 13.1 Å². The molecule has 0 aromatic heterocycles. The molecule has 0 bridgehead atoms. The Hall–Kier alpha value is -1.04. The lowest BCUT2D eigenvalue weighted by atomic mass is 9.81. The Labute approximate surface area is 105 Å². The van der Waals surface area contributed by atoms with Gasteiger partial charge in [0.15, 0.2) is 0 Å². The molecule has 1 heterocycles. The largest absolute Gasteiger partial charge is 0.340 e. The Morgan fingerprint density at radius 3 is 2.18 bits per heavy atom. The number of carbonyl (C=O) groups excluding carboxylic acids is 1. The third-order valence-corrected chi connectivity index (χ3v) is 3.74. The fourth-order valence-electron chi connectivity index (χ4n) is 2.51. The summed E-state index contributed by atoms with van der Waals surface area (Å²) in [7, 11) is 0. The van der Waals surface area contributed by atoms with Crippen LogP contribution in [0.4, 0.5) is 0 Å². The summed E-state index contributed by atoms with van der Waals surface area (Å²) in [5.74, 6) is 1.43. The Bertz CT molecular complexity index is 281. The van der Waals surface area contributed by atoms with Gasteiger partial charge in [0.1, 0.15) is 0 Å². The van der Waals surface area contributed by atoms with Gasteiger partial charge < -0.3 is 4.90 Å². The van der Waals surface area contributed by atoms with E-state index in [1.807, 2.05) is 18.7 Å². The van der Waals surface area contributed by atoms with E-state index in [1.54, 1.807) is 0 Å². The molecule has 0 atom stereocenters. The zero-order valence-corrected chi connectivity index (χ0v) is 11.3. The highest BCUT2D eigenvalue weighted by Gasteiger charge is 2.35. The van der Waals surface area contributed by atoms with Crippen molar-refractivity contribution >= 4 is 5.91 Å². The van der Waals surface area contributed by atoms with Gasteiger partial charge in [-0.05, 0) is 31.6 Å². The fourth-order valence-corrected chi connectivity index (χ4v) is 2.51.